The molecule has 0 atom stereocenters. The summed E-state index contributed by atoms with van der Waals surface area (Å²) in [6.07, 6.45) is 5.13. The van der Waals surface area contributed by atoms with Crippen LogP contribution in [-0.4, -0.2) is 60.5 Å². The van der Waals surface area contributed by atoms with E-state index in [0.29, 0.717) is 31.9 Å². The number of carbonyl (C=O) groups is 1. The van der Waals surface area contributed by atoms with Gasteiger partial charge in [0, 0.05) is 61.4 Å². The molecule has 1 amide bonds. The SMILES string of the molecule is O=C(Cc1c[nH]c2ccc(O)cc12)N1CCN(c2ccc(S(=O)(=O)Nc3ccncc3)cc2)CC1. The summed E-state index contributed by atoms with van der Waals surface area (Å²) >= 11 is 0. The molecule has 10 heteroatoms. The van der Waals surface area contributed by atoms with E-state index in [1.807, 2.05) is 11.1 Å². The number of benzene rings is 2. The maximum atomic E-state index is 12.9. The lowest BCUT2D eigenvalue weighted by molar-refractivity contribution is -0.130. The van der Waals surface area contributed by atoms with Crippen molar-refractivity contribution in [3.05, 3.63) is 78.8 Å². The number of nitrogens with zero attached hydrogens (tertiary/aromatic N) is 3. The number of aromatic amines is 1. The van der Waals surface area contributed by atoms with E-state index in [0.717, 1.165) is 22.2 Å². The van der Waals surface area contributed by atoms with Crippen LogP contribution in [-0.2, 0) is 21.2 Å². The second-order valence-electron chi connectivity index (χ2n) is 8.42. The van der Waals surface area contributed by atoms with Gasteiger partial charge in [0.05, 0.1) is 17.0 Å². The number of carbonyl (C=O) groups excluding carboxylic acids is 1. The number of rotatable bonds is 6. The Balaban J connectivity index is 1.19. The van der Waals surface area contributed by atoms with Crippen molar-refractivity contribution in [3.8, 4) is 5.75 Å². The fraction of sp³-hybridized carbons (Fsp3) is 0.200. The minimum absolute atomic E-state index is 0.0394. The normalized spacial score (nSPS) is 14.3. The highest BCUT2D eigenvalue weighted by molar-refractivity contribution is 7.92. The first kappa shape index (κ1) is 22.7. The first-order valence-corrected chi connectivity index (χ1v) is 12.7. The van der Waals surface area contributed by atoms with Crippen LogP contribution < -0.4 is 9.62 Å². The molecule has 2 aromatic heterocycles. The number of anilines is 2. The highest BCUT2D eigenvalue weighted by Gasteiger charge is 2.23. The lowest BCUT2D eigenvalue weighted by atomic mass is 10.1. The molecule has 5 rings (SSSR count). The van der Waals surface area contributed by atoms with E-state index in [-0.39, 0.29) is 23.0 Å². The molecule has 1 aliphatic rings. The first-order chi connectivity index (χ1) is 16.9. The van der Waals surface area contributed by atoms with Crippen LogP contribution in [0, 0.1) is 0 Å². The summed E-state index contributed by atoms with van der Waals surface area (Å²) in [5.74, 6) is 0.212. The van der Waals surface area contributed by atoms with Gasteiger partial charge in [0.2, 0.25) is 5.91 Å². The number of aromatic nitrogens is 2. The third-order valence-electron chi connectivity index (χ3n) is 6.17. The Kier molecular flexibility index (Phi) is 6.04. The van der Waals surface area contributed by atoms with Crippen molar-refractivity contribution in [2.24, 2.45) is 0 Å². The number of phenols is 1. The zero-order valence-electron chi connectivity index (χ0n) is 18.9. The molecular weight excluding hydrogens is 466 g/mol. The number of pyridine rings is 1. The highest BCUT2D eigenvalue weighted by Crippen LogP contribution is 2.25. The monoisotopic (exact) mass is 491 g/mol. The van der Waals surface area contributed by atoms with Gasteiger partial charge in [-0.3, -0.25) is 14.5 Å². The minimum atomic E-state index is -3.69. The summed E-state index contributed by atoms with van der Waals surface area (Å²) in [5.41, 5.74) is 3.11. The molecule has 0 aliphatic carbocycles. The molecule has 180 valence electrons. The van der Waals surface area contributed by atoms with Crippen LogP contribution in [0.25, 0.3) is 10.9 Å². The lowest BCUT2D eigenvalue weighted by Crippen LogP contribution is -2.49. The van der Waals surface area contributed by atoms with Gasteiger partial charge in [-0.25, -0.2) is 8.42 Å². The average Bonchev–Trinajstić information content (AvgIpc) is 3.26. The summed E-state index contributed by atoms with van der Waals surface area (Å²) in [7, 11) is -3.69. The van der Waals surface area contributed by atoms with E-state index in [2.05, 4.69) is 19.6 Å². The smallest absolute Gasteiger partial charge is 0.261 e. The number of phenolic OH excluding ortho intramolecular Hbond substituents is 1. The summed E-state index contributed by atoms with van der Waals surface area (Å²) in [4.78, 5) is 24.1. The van der Waals surface area contributed by atoms with Crippen LogP contribution in [0.2, 0.25) is 0 Å². The van der Waals surface area contributed by atoms with Gasteiger partial charge in [-0.05, 0) is 60.2 Å². The second kappa shape index (κ2) is 9.30. The molecule has 0 saturated carbocycles. The Morgan fingerprint density at radius 2 is 1.71 bits per heavy atom. The number of aromatic hydroxyl groups is 1. The molecule has 1 saturated heterocycles. The molecule has 9 nitrogen and oxygen atoms in total. The average molecular weight is 492 g/mol. The van der Waals surface area contributed by atoms with E-state index >= 15 is 0 Å². The highest BCUT2D eigenvalue weighted by atomic mass is 32.2. The second-order valence-corrected chi connectivity index (χ2v) is 10.1. The van der Waals surface area contributed by atoms with Gasteiger partial charge >= 0.3 is 0 Å². The summed E-state index contributed by atoms with van der Waals surface area (Å²) in [5, 5.41) is 10.6. The quantitative estimate of drug-likeness (QED) is 0.382. The third-order valence-corrected chi connectivity index (χ3v) is 7.57. The van der Waals surface area contributed by atoms with Gasteiger partial charge in [0.25, 0.3) is 10.0 Å². The molecule has 2 aromatic carbocycles. The van der Waals surface area contributed by atoms with E-state index < -0.39 is 10.0 Å². The van der Waals surface area contributed by atoms with Crippen molar-refractivity contribution in [1.29, 1.82) is 0 Å². The molecule has 35 heavy (non-hydrogen) atoms. The number of piperazine rings is 1. The van der Waals surface area contributed by atoms with Gasteiger partial charge < -0.3 is 19.9 Å². The number of hydrogen-bond donors (Lipinski definition) is 3. The van der Waals surface area contributed by atoms with Crippen molar-refractivity contribution in [3.63, 3.8) is 0 Å². The molecule has 1 aliphatic heterocycles. The topological polar surface area (TPSA) is 119 Å². The Morgan fingerprint density at radius 1 is 1.00 bits per heavy atom. The number of nitrogens with one attached hydrogen (secondary N) is 2. The number of H-pyrrole nitrogens is 1. The maximum absolute atomic E-state index is 12.9. The van der Waals surface area contributed by atoms with Crippen molar-refractivity contribution in [2.45, 2.75) is 11.3 Å². The van der Waals surface area contributed by atoms with Crippen LogP contribution in [0.3, 0.4) is 0 Å². The van der Waals surface area contributed by atoms with E-state index in [1.54, 1.807) is 54.6 Å². The zero-order valence-corrected chi connectivity index (χ0v) is 19.7. The van der Waals surface area contributed by atoms with Crippen molar-refractivity contribution < 1.29 is 18.3 Å². The van der Waals surface area contributed by atoms with Crippen molar-refractivity contribution >= 4 is 38.2 Å². The summed E-state index contributed by atoms with van der Waals surface area (Å²) in [6.45, 7) is 2.47. The molecule has 4 aromatic rings. The van der Waals surface area contributed by atoms with Crippen LogP contribution in [0.5, 0.6) is 5.75 Å². The number of fused-ring (bicyclic) bond motifs is 1. The van der Waals surface area contributed by atoms with E-state index in [4.69, 9.17) is 0 Å². The van der Waals surface area contributed by atoms with Gasteiger partial charge in [-0.15, -0.1) is 0 Å². The Morgan fingerprint density at radius 3 is 2.43 bits per heavy atom. The third kappa shape index (κ3) is 4.92. The van der Waals surface area contributed by atoms with Gasteiger partial charge in [0.15, 0.2) is 0 Å². The zero-order chi connectivity index (χ0) is 24.4. The van der Waals surface area contributed by atoms with Crippen molar-refractivity contribution in [1.82, 2.24) is 14.9 Å². The predicted octanol–water partition coefficient (Wildman–Crippen LogP) is 2.96. The Bertz CT molecular complexity index is 1440. The molecule has 3 heterocycles. The van der Waals surface area contributed by atoms with E-state index in [9.17, 15) is 18.3 Å². The Hall–Kier alpha value is -4.05. The molecular formula is C25H25N5O4S. The van der Waals surface area contributed by atoms with Crippen LogP contribution in [0.1, 0.15) is 5.56 Å². The summed E-state index contributed by atoms with van der Waals surface area (Å²) < 4.78 is 27.8. The summed E-state index contributed by atoms with van der Waals surface area (Å²) in [6, 6.07) is 15.0. The molecule has 1 fully saturated rings. The fourth-order valence-electron chi connectivity index (χ4n) is 4.27. The predicted molar refractivity (Wildman–Crippen MR) is 134 cm³/mol. The van der Waals surface area contributed by atoms with Crippen molar-refractivity contribution in [2.75, 3.05) is 35.8 Å². The minimum Gasteiger partial charge on any atom is -0.508 e. The number of hydrogen-bond acceptors (Lipinski definition) is 6. The molecule has 0 spiro atoms. The van der Waals surface area contributed by atoms with Crippen LogP contribution >= 0.6 is 0 Å². The molecule has 0 bridgehead atoms. The molecule has 0 radical (unpaired) electrons. The Labute approximate surface area is 203 Å². The standard InChI is InChI=1S/C25H25N5O4S/c31-21-3-6-24-23(16-21)18(17-27-24)15-25(32)30-13-11-29(12-14-30)20-1-4-22(5-2-20)35(33,34)28-19-7-9-26-10-8-19/h1-10,16-17,27,31H,11-15H2,(H,26,28). The van der Waals surface area contributed by atoms with Crippen LogP contribution in [0.15, 0.2) is 78.1 Å². The van der Waals surface area contributed by atoms with Gasteiger partial charge in [0.1, 0.15) is 5.75 Å². The number of amides is 1. The number of sulfonamides is 1. The van der Waals surface area contributed by atoms with Gasteiger partial charge in [-0.2, -0.15) is 0 Å². The maximum Gasteiger partial charge on any atom is 0.261 e. The molecule has 3 N–H and O–H groups in total. The molecule has 0 unspecified atom stereocenters. The fourth-order valence-corrected chi connectivity index (χ4v) is 5.33. The van der Waals surface area contributed by atoms with Gasteiger partial charge in [-0.1, -0.05) is 0 Å². The largest absolute Gasteiger partial charge is 0.508 e. The van der Waals surface area contributed by atoms with E-state index in [1.165, 1.54) is 12.4 Å². The first-order valence-electron chi connectivity index (χ1n) is 11.2. The van der Waals surface area contributed by atoms with Crippen LogP contribution in [0.4, 0.5) is 11.4 Å². The lowest BCUT2D eigenvalue weighted by Gasteiger charge is -2.36.